The summed E-state index contributed by atoms with van der Waals surface area (Å²) in [6, 6.07) is 8.69. The van der Waals surface area contributed by atoms with Crippen molar-refractivity contribution in [2.24, 2.45) is 4.99 Å². The monoisotopic (exact) mass is 474 g/mol. The van der Waals surface area contributed by atoms with Crippen LogP contribution in [0.15, 0.2) is 29.3 Å². The third kappa shape index (κ3) is 7.70. The molecule has 0 aromatic heterocycles. The van der Waals surface area contributed by atoms with Crippen molar-refractivity contribution in [3.05, 3.63) is 29.8 Å². The molecule has 0 saturated carbocycles. The molecule has 0 aliphatic carbocycles. The van der Waals surface area contributed by atoms with Crippen LogP contribution in [0.2, 0.25) is 0 Å². The fourth-order valence-electron chi connectivity index (χ4n) is 3.33. The van der Waals surface area contributed by atoms with Crippen LogP contribution < -0.4 is 15.4 Å². The van der Waals surface area contributed by atoms with Crippen LogP contribution in [-0.4, -0.2) is 56.7 Å². The minimum Gasteiger partial charge on any atom is -0.496 e. The first-order valence-corrected chi connectivity index (χ1v) is 9.65. The summed E-state index contributed by atoms with van der Waals surface area (Å²) in [5.74, 6) is 1.88. The molecule has 5 nitrogen and oxygen atoms in total. The van der Waals surface area contributed by atoms with Gasteiger partial charge in [0.15, 0.2) is 5.96 Å². The minimum atomic E-state index is 0. The van der Waals surface area contributed by atoms with Crippen LogP contribution in [0.4, 0.5) is 0 Å². The fraction of sp³-hybridized carbons (Fsp3) is 0.650. The third-order valence-corrected chi connectivity index (χ3v) is 4.66. The first-order valence-electron chi connectivity index (χ1n) is 9.65. The van der Waals surface area contributed by atoms with Crippen LogP contribution >= 0.6 is 24.0 Å². The van der Waals surface area contributed by atoms with Crippen LogP contribution in [0.5, 0.6) is 5.75 Å². The Hall–Kier alpha value is -1.02. The molecule has 0 unspecified atom stereocenters. The Balaban J connectivity index is 0.00000338. The van der Waals surface area contributed by atoms with Crippen molar-refractivity contribution in [3.8, 4) is 5.75 Å². The van der Waals surface area contributed by atoms with E-state index in [0.717, 1.165) is 31.2 Å². The van der Waals surface area contributed by atoms with E-state index in [4.69, 9.17) is 9.73 Å². The molecule has 2 N–H and O–H groups in total. The molecule has 1 saturated heterocycles. The molecule has 0 radical (unpaired) electrons. The number of nitrogens with one attached hydrogen (secondary N) is 2. The number of para-hydroxylation sites is 1. The van der Waals surface area contributed by atoms with Crippen LogP contribution in [0.1, 0.15) is 38.7 Å². The summed E-state index contributed by atoms with van der Waals surface area (Å²) in [7, 11) is 1.72. The Labute approximate surface area is 176 Å². The van der Waals surface area contributed by atoms with Gasteiger partial charge in [-0.15, -0.1) is 24.0 Å². The first-order chi connectivity index (χ1) is 12.3. The first kappa shape index (κ1) is 23.0. The standard InChI is InChI=1S/C20H34N4O.HI/c1-4-14-24-15-11-18(12-16-24)23-20(21-5-2)22-13-10-17-8-6-7-9-19(17)25-3;/h6-9,18H,4-5,10-16H2,1-3H3,(H2,21,22,23);1H. The summed E-state index contributed by atoms with van der Waals surface area (Å²) in [5, 5.41) is 6.99. The summed E-state index contributed by atoms with van der Waals surface area (Å²) in [5.41, 5.74) is 1.21. The van der Waals surface area contributed by atoms with Gasteiger partial charge in [0.05, 0.1) is 7.11 Å². The maximum absolute atomic E-state index is 5.42. The van der Waals surface area contributed by atoms with Crippen molar-refractivity contribution in [2.45, 2.75) is 45.6 Å². The number of aliphatic imine (C=N–C) groups is 1. The average Bonchev–Trinajstić information content (AvgIpc) is 2.64. The zero-order valence-corrected chi connectivity index (χ0v) is 18.8. The second-order valence-electron chi connectivity index (χ2n) is 6.58. The van der Waals surface area contributed by atoms with Crippen molar-refractivity contribution in [1.82, 2.24) is 15.5 Å². The summed E-state index contributed by atoms with van der Waals surface area (Å²) in [6.07, 6.45) is 4.51. The van der Waals surface area contributed by atoms with Crippen molar-refractivity contribution in [1.29, 1.82) is 0 Å². The minimum absolute atomic E-state index is 0. The molecule has 1 fully saturated rings. The second kappa shape index (κ2) is 13.2. The molecule has 2 rings (SSSR count). The van der Waals surface area contributed by atoms with Gasteiger partial charge in [-0.05, 0) is 50.8 Å². The largest absolute Gasteiger partial charge is 0.496 e. The van der Waals surface area contributed by atoms with Gasteiger partial charge >= 0.3 is 0 Å². The highest BCUT2D eigenvalue weighted by Crippen LogP contribution is 2.17. The lowest BCUT2D eigenvalue weighted by molar-refractivity contribution is 0.206. The quantitative estimate of drug-likeness (QED) is 0.345. The van der Waals surface area contributed by atoms with Crippen LogP contribution in [0.25, 0.3) is 0 Å². The van der Waals surface area contributed by atoms with E-state index < -0.39 is 0 Å². The van der Waals surface area contributed by atoms with Crippen molar-refractivity contribution >= 4 is 29.9 Å². The topological polar surface area (TPSA) is 48.9 Å². The van der Waals surface area contributed by atoms with Gasteiger partial charge < -0.3 is 20.3 Å². The molecule has 1 heterocycles. The summed E-state index contributed by atoms with van der Waals surface area (Å²) in [4.78, 5) is 7.32. The Morgan fingerprint density at radius 2 is 1.96 bits per heavy atom. The highest BCUT2D eigenvalue weighted by molar-refractivity contribution is 14.0. The van der Waals surface area contributed by atoms with Gasteiger partial charge in [0.2, 0.25) is 0 Å². The number of ether oxygens (including phenoxy) is 1. The normalized spacial score (nSPS) is 16.0. The zero-order chi connectivity index (χ0) is 17.9. The lowest BCUT2D eigenvalue weighted by Crippen LogP contribution is -2.48. The Bertz CT molecular complexity index is 530. The van der Waals surface area contributed by atoms with Crippen molar-refractivity contribution < 1.29 is 4.74 Å². The maximum Gasteiger partial charge on any atom is 0.191 e. The third-order valence-electron chi connectivity index (χ3n) is 4.66. The van der Waals surface area contributed by atoms with E-state index in [0.29, 0.717) is 6.04 Å². The van der Waals surface area contributed by atoms with Gasteiger partial charge in [-0.3, -0.25) is 4.99 Å². The number of hydrogen-bond acceptors (Lipinski definition) is 3. The van der Waals surface area contributed by atoms with Crippen LogP contribution in [0, 0.1) is 0 Å². The van der Waals surface area contributed by atoms with Crippen LogP contribution in [0.3, 0.4) is 0 Å². The number of guanidine groups is 1. The van der Waals surface area contributed by atoms with Gasteiger partial charge in [0.25, 0.3) is 0 Å². The van der Waals surface area contributed by atoms with Crippen molar-refractivity contribution in [2.75, 3.05) is 39.8 Å². The molecule has 1 aromatic carbocycles. The molecule has 148 valence electrons. The summed E-state index contributed by atoms with van der Waals surface area (Å²) < 4.78 is 5.42. The molecule has 0 amide bonds. The number of benzene rings is 1. The molecule has 0 atom stereocenters. The Morgan fingerprint density at radius 1 is 1.23 bits per heavy atom. The van der Waals surface area contributed by atoms with E-state index in [-0.39, 0.29) is 24.0 Å². The number of piperidine rings is 1. The van der Waals surface area contributed by atoms with Gasteiger partial charge in [0, 0.05) is 32.2 Å². The highest BCUT2D eigenvalue weighted by Gasteiger charge is 2.19. The molecule has 6 heteroatoms. The van der Waals surface area contributed by atoms with E-state index in [1.165, 1.54) is 44.5 Å². The highest BCUT2D eigenvalue weighted by atomic mass is 127. The van der Waals surface area contributed by atoms with E-state index in [1.807, 2.05) is 12.1 Å². The number of halogens is 1. The molecule has 0 spiro atoms. The maximum atomic E-state index is 5.42. The summed E-state index contributed by atoms with van der Waals surface area (Å²) >= 11 is 0. The van der Waals surface area contributed by atoms with E-state index in [2.05, 4.69) is 41.5 Å². The molecule has 1 aromatic rings. The fourth-order valence-corrected chi connectivity index (χ4v) is 3.33. The predicted octanol–water partition coefficient (Wildman–Crippen LogP) is 3.29. The SMILES string of the molecule is CCCN1CCC(NC(=NCCc2ccccc2OC)NCC)CC1.I. The van der Waals surface area contributed by atoms with Crippen molar-refractivity contribution in [3.63, 3.8) is 0 Å². The van der Waals surface area contributed by atoms with Crippen LogP contribution in [-0.2, 0) is 6.42 Å². The molecule has 26 heavy (non-hydrogen) atoms. The van der Waals surface area contributed by atoms with Gasteiger partial charge in [-0.1, -0.05) is 25.1 Å². The Morgan fingerprint density at radius 3 is 2.62 bits per heavy atom. The predicted molar refractivity (Wildman–Crippen MR) is 121 cm³/mol. The number of nitrogens with zero attached hydrogens (tertiary/aromatic N) is 2. The average molecular weight is 474 g/mol. The van der Waals surface area contributed by atoms with Gasteiger partial charge in [0.1, 0.15) is 5.75 Å². The number of methoxy groups -OCH3 is 1. The number of hydrogen-bond donors (Lipinski definition) is 2. The molecule has 1 aliphatic rings. The number of rotatable bonds is 8. The molecular weight excluding hydrogens is 439 g/mol. The second-order valence-corrected chi connectivity index (χ2v) is 6.58. The lowest BCUT2D eigenvalue weighted by atomic mass is 10.1. The smallest absolute Gasteiger partial charge is 0.191 e. The molecule has 1 aliphatic heterocycles. The molecular formula is C20H35IN4O. The van der Waals surface area contributed by atoms with E-state index in [9.17, 15) is 0 Å². The lowest BCUT2D eigenvalue weighted by Gasteiger charge is -2.32. The van der Waals surface area contributed by atoms with E-state index >= 15 is 0 Å². The van der Waals surface area contributed by atoms with Gasteiger partial charge in [-0.2, -0.15) is 0 Å². The molecule has 0 bridgehead atoms. The number of likely N-dealkylation sites (tertiary alicyclic amines) is 1. The summed E-state index contributed by atoms with van der Waals surface area (Å²) in [6.45, 7) is 9.60. The zero-order valence-electron chi connectivity index (χ0n) is 16.5. The van der Waals surface area contributed by atoms with E-state index in [1.54, 1.807) is 7.11 Å². The van der Waals surface area contributed by atoms with Gasteiger partial charge in [-0.25, -0.2) is 0 Å². The Kier molecular flexibility index (Phi) is 11.7.